The average Bonchev–Trinajstić information content (AvgIpc) is 3.61. The van der Waals surface area contributed by atoms with Gasteiger partial charge in [0.15, 0.2) is 11.5 Å². The largest absolute Gasteiger partial charge is 0.493 e. The Morgan fingerprint density at radius 3 is 2.41 bits per heavy atom. The first-order valence-corrected chi connectivity index (χ1v) is 11.7. The fourth-order valence-corrected chi connectivity index (χ4v) is 4.48. The number of fused-ring (bicyclic) bond motifs is 1. The third-order valence-corrected chi connectivity index (χ3v) is 6.30. The van der Waals surface area contributed by atoms with Crippen molar-refractivity contribution in [1.82, 2.24) is 24.5 Å². The number of anilines is 1. The Morgan fingerprint density at radius 1 is 0.892 bits per heavy atom. The monoisotopic (exact) mass is 494 g/mol. The van der Waals surface area contributed by atoms with Gasteiger partial charge in [0.25, 0.3) is 0 Å². The van der Waals surface area contributed by atoms with Crippen LogP contribution in [0.25, 0.3) is 22.6 Å². The van der Waals surface area contributed by atoms with Crippen molar-refractivity contribution < 1.29 is 13.9 Å². The van der Waals surface area contributed by atoms with Crippen molar-refractivity contribution in [2.75, 3.05) is 19.5 Å². The molecule has 0 spiro atoms. The molecule has 2 aromatic heterocycles. The molecule has 184 valence electrons. The van der Waals surface area contributed by atoms with E-state index in [-0.39, 0.29) is 11.9 Å². The lowest BCUT2D eigenvalue weighted by Crippen LogP contribution is -2.20. The smallest absolute Gasteiger partial charge is 0.226 e. The van der Waals surface area contributed by atoms with Gasteiger partial charge in [0.05, 0.1) is 25.6 Å². The summed E-state index contributed by atoms with van der Waals surface area (Å²) in [6.07, 6.45) is 5.56. The molecule has 6 rings (SSSR count). The van der Waals surface area contributed by atoms with Gasteiger partial charge in [-0.25, -0.2) is 13.8 Å². The molecular formula is C28H23FN6O2. The van der Waals surface area contributed by atoms with E-state index in [1.807, 2.05) is 70.2 Å². The second-order valence-electron chi connectivity index (χ2n) is 8.47. The number of methoxy groups -OCH3 is 2. The molecule has 0 amide bonds. The fraction of sp³-hybridized carbons (Fsp3) is 0.107. The third-order valence-electron chi connectivity index (χ3n) is 6.30. The molecular weight excluding hydrogens is 471 g/mol. The molecule has 1 N–H and O–H groups in total. The molecule has 9 heteroatoms. The molecule has 0 fully saturated rings. The summed E-state index contributed by atoms with van der Waals surface area (Å²) in [4.78, 5) is 4.41. The maximum absolute atomic E-state index is 13.6. The minimum Gasteiger partial charge on any atom is -0.493 e. The van der Waals surface area contributed by atoms with Gasteiger partial charge >= 0.3 is 0 Å². The van der Waals surface area contributed by atoms with Gasteiger partial charge < -0.3 is 14.8 Å². The van der Waals surface area contributed by atoms with Crippen LogP contribution >= 0.6 is 0 Å². The van der Waals surface area contributed by atoms with Gasteiger partial charge in [-0.3, -0.25) is 0 Å². The molecule has 5 aromatic rings. The lowest BCUT2D eigenvalue weighted by Gasteiger charge is -2.24. The molecule has 1 aliphatic rings. The van der Waals surface area contributed by atoms with Gasteiger partial charge in [-0.05, 0) is 66.2 Å². The molecule has 0 radical (unpaired) electrons. The molecule has 0 saturated heterocycles. The van der Waals surface area contributed by atoms with Crippen LogP contribution in [0.4, 0.5) is 10.3 Å². The van der Waals surface area contributed by atoms with Crippen molar-refractivity contribution >= 4 is 11.6 Å². The van der Waals surface area contributed by atoms with Crippen molar-refractivity contribution in [3.05, 3.63) is 108 Å². The zero-order valence-corrected chi connectivity index (χ0v) is 20.2. The number of benzene rings is 3. The van der Waals surface area contributed by atoms with E-state index in [4.69, 9.17) is 14.6 Å². The summed E-state index contributed by atoms with van der Waals surface area (Å²) in [6.45, 7) is 0. The summed E-state index contributed by atoms with van der Waals surface area (Å²) in [5.74, 6) is 1.53. The molecule has 0 saturated carbocycles. The van der Waals surface area contributed by atoms with Crippen LogP contribution in [0, 0.1) is 5.82 Å². The van der Waals surface area contributed by atoms with Crippen LogP contribution in [-0.4, -0.2) is 38.8 Å². The molecule has 0 aliphatic carbocycles. The predicted molar refractivity (Wildman–Crippen MR) is 138 cm³/mol. The summed E-state index contributed by atoms with van der Waals surface area (Å²) in [5.41, 5.74) is 5.09. The Balaban J connectivity index is 1.54. The number of rotatable bonds is 6. The van der Waals surface area contributed by atoms with Crippen LogP contribution in [0.2, 0.25) is 0 Å². The van der Waals surface area contributed by atoms with Gasteiger partial charge in [-0.2, -0.15) is 15.2 Å². The van der Waals surface area contributed by atoms with E-state index < -0.39 is 0 Å². The third kappa shape index (κ3) is 4.10. The average molecular weight is 495 g/mol. The standard InChI is InChI=1S/C28H23FN6O2/c1-36-25-13-10-19(14-26(25)37-2)27-22(16-34(33-27)21-6-4-3-5-7-21)24-15-23(18-8-11-20(29)12-9-18)32-28-30-17-31-35(24)28/h3-17,24H,1-2H3,(H,30,31,32). The number of hydrogen-bond acceptors (Lipinski definition) is 6. The Morgan fingerprint density at radius 2 is 1.65 bits per heavy atom. The highest BCUT2D eigenvalue weighted by Crippen LogP contribution is 2.39. The van der Waals surface area contributed by atoms with Crippen molar-refractivity contribution in [3.8, 4) is 28.4 Å². The highest BCUT2D eigenvalue weighted by atomic mass is 19.1. The van der Waals surface area contributed by atoms with E-state index in [1.54, 1.807) is 26.4 Å². The number of para-hydroxylation sites is 1. The van der Waals surface area contributed by atoms with E-state index >= 15 is 0 Å². The molecule has 37 heavy (non-hydrogen) atoms. The molecule has 1 atom stereocenters. The number of halogens is 1. The number of nitrogens with one attached hydrogen (secondary N) is 1. The quantitative estimate of drug-likeness (QED) is 0.343. The highest BCUT2D eigenvalue weighted by Gasteiger charge is 2.28. The summed E-state index contributed by atoms with van der Waals surface area (Å²) < 4.78 is 28.3. The first-order chi connectivity index (χ1) is 18.1. The van der Waals surface area contributed by atoms with E-state index in [2.05, 4.69) is 15.4 Å². The number of allylic oxidation sites excluding steroid dienone is 1. The SMILES string of the molecule is COc1ccc(-c2nn(-c3ccccc3)cc2C2C=C(c3ccc(F)cc3)Nc3ncnn32)cc1OC. The second-order valence-corrected chi connectivity index (χ2v) is 8.47. The van der Waals surface area contributed by atoms with Gasteiger partial charge in [0.1, 0.15) is 18.2 Å². The van der Waals surface area contributed by atoms with Crippen molar-refractivity contribution in [2.45, 2.75) is 6.04 Å². The zero-order chi connectivity index (χ0) is 25.4. The molecule has 1 unspecified atom stereocenters. The first-order valence-electron chi connectivity index (χ1n) is 11.7. The van der Waals surface area contributed by atoms with Crippen LogP contribution < -0.4 is 14.8 Å². The molecule has 0 bridgehead atoms. The highest BCUT2D eigenvalue weighted by molar-refractivity contribution is 5.78. The summed E-state index contributed by atoms with van der Waals surface area (Å²) >= 11 is 0. The normalized spacial score (nSPS) is 14.5. The number of aromatic nitrogens is 5. The van der Waals surface area contributed by atoms with E-state index in [0.717, 1.165) is 33.8 Å². The summed E-state index contributed by atoms with van der Waals surface area (Å²) in [7, 11) is 3.22. The number of ether oxygens (including phenoxy) is 2. The lowest BCUT2D eigenvalue weighted by atomic mass is 9.99. The second kappa shape index (κ2) is 9.27. The van der Waals surface area contributed by atoms with Crippen LogP contribution in [0.3, 0.4) is 0 Å². The molecule has 1 aliphatic heterocycles. The minimum absolute atomic E-state index is 0.292. The van der Waals surface area contributed by atoms with Crippen molar-refractivity contribution in [1.29, 1.82) is 0 Å². The number of hydrogen-bond donors (Lipinski definition) is 1. The Kier molecular flexibility index (Phi) is 5.65. The molecule has 3 heterocycles. The Labute approximate surface area is 212 Å². The van der Waals surface area contributed by atoms with E-state index in [9.17, 15) is 4.39 Å². The lowest BCUT2D eigenvalue weighted by molar-refractivity contribution is 0.355. The predicted octanol–water partition coefficient (Wildman–Crippen LogP) is 5.34. The summed E-state index contributed by atoms with van der Waals surface area (Å²) in [6, 6.07) is 21.7. The van der Waals surface area contributed by atoms with E-state index in [0.29, 0.717) is 17.4 Å². The topological polar surface area (TPSA) is 79.0 Å². The maximum Gasteiger partial charge on any atom is 0.226 e. The van der Waals surface area contributed by atoms with Crippen molar-refractivity contribution in [2.24, 2.45) is 0 Å². The minimum atomic E-state index is -0.334. The van der Waals surface area contributed by atoms with Crippen LogP contribution in [0.5, 0.6) is 11.5 Å². The summed E-state index contributed by atoms with van der Waals surface area (Å²) in [5, 5.41) is 12.8. The Bertz CT molecular complexity index is 1590. The van der Waals surface area contributed by atoms with Gasteiger partial charge in [0, 0.05) is 23.0 Å². The molecule has 8 nitrogen and oxygen atoms in total. The van der Waals surface area contributed by atoms with Crippen LogP contribution in [-0.2, 0) is 0 Å². The fourth-order valence-electron chi connectivity index (χ4n) is 4.48. The van der Waals surface area contributed by atoms with Crippen LogP contribution in [0.1, 0.15) is 17.2 Å². The number of nitrogens with zero attached hydrogens (tertiary/aromatic N) is 5. The van der Waals surface area contributed by atoms with Gasteiger partial charge in [-0.1, -0.05) is 18.2 Å². The molecule has 3 aromatic carbocycles. The van der Waals surface area contributed by atoms with Gasteiger partial charge in [-0.15, -0.1) is 0 Å². The van der Waals surface area contributed by atoms with E-state index in [1.165, 1.54) is 18.5 Å². The van der Waals surface area contributed by atoms with Gasteiger partial charge in [0.2, 0.25) is 5.95 Å². The Hall–Kier alpha value is -4.92. The first kappa shape index (κ1) is 22.5. The maximum atomic E-state index is 13.6. The van der Waals surface area contributed by atoms with Crippen molar-refractivity contribution in [3.63, 3.8) is 0 Å². The zero-order valence-electron chi connectivity index (χ0n) is 20.2. The van der Waals surface area contributed by atoms with Crippen LogP contribution in [0.15, 0.2) is 91.4 Å².